The Morgan fingerprint density at radius 2 is 1.83 bits per heavy atom. The number of nitrogen functional groups attached to an aromatic ring is 1. The summed E-state index contributed by atoms with van der Waals surface area (Å²) in [5, 5.41) is 9.81. The van der Waals surface area contributed by atoms with Crippen molar-refractivity contribution >= 4 is 22.8 Å². The van der Waals surface area contributed by atoms with Gasteiger partial charge in [-0.3, -0.25) is 4.79 Å². The second-order valence-electron chi connectivity index (χ2n) is 9.60. The first-order valence-corrected chi connectivity index (χ1v) is 12.1. The number of piperidine rings is 1. The van der Waals surface area contributed by atoms with E-state index in [1.807, 2.05) is 12.4 Å². The molecule has 1 amide bonds. The Morgan fingerprint density at radius 1 is 1.11 bits per heavy atom. The average molecular weight is 504 g/mol. The molecule has 1 aromatic carbocycles. The number of rotatable bonds is 4. The summed E-state index contributed by atoms with van der Waals surface area (Å²) in [5.41, 5.74) is 9.59. The van der Waals surface area contributed by atoms with E-state index in [2.05, 4.69) is 14.7 Å². The Kier molecular flexibility index (Phi) is 6.50. The quantitative estimate of drug-likeness (QED) is 0.452. The summed E-state index contributed by atoms with van der Waals surface area (Å²) in [4.78, 5) is 27.4. The van der Waals surface area contributed by atoms with E-state index in [4.69, 9.17) is 10.7 Å². The zero-order valence-corrected chi connectivity index (χ0v) is 19.6. The zero-order chi connectivity index (χ0) is 25.4. The largest absolute Gasteiger partial charge is 0.573 e. The Balaban J connectivity index is 1.26. The number of aromatic amines is 1. The molecule has 2 aliphatic rings. The standard InChI is InChI=1S/C25H28F3N5O3/c26-25(27,28)36-17-5-6-18(20(29)11-17)24(35)33-9-7-14(8-10-33)19-12-30-23-22(19)32-21(13-31-23)15-1-3-16(34)4-2-15/h5-6,11-16,34H,1-4,7-10,29H2,(H,30,31)/t15-,16-. The molecule has 4 N–H and O–H groups in total. The molecule has 1 aliphatic heterocycles. The molecule has 36 heavy (non-hydrogen) atoms. The zero-order valence-electron chi connectivity index (χ0n) is 19.6. The molecule has 11 heteroatoms. The molecule has 1 saturated heterocycles. The maximum atomic E-state index is 13.0. The van der Waals surface area contributed by atoms with Crippen molar-refractivity contribution in [3.63, 3.8) is 0 Å². The van der Waals surface area contributed by atoms with Crippen molar-refractivity contribution in [2.45, 2.75) is 62.8 Å². The number of benzene rings is 1. The van der Waals surface area contributed by atoms with Gasteiger partial charge < -0.3 is 25.5 Å². The predicted octanol–water partition coefficient (Wildman–Crippen LogP) is 4.48. The molecule has 1 aliphatic carbocycles. The normalized spacial score (nSPS) is 21.6. The van der Waals surface area contributed by atoms with Crippen LogP contribution in [0.2, 0.25) is 0 Å². The molecule has 2 aromatic heterocycles. The summed E-state index contributed by atoms with van der Waals surface area (Å²) in [6.07, 6.45) is 3.49. The molecule has 3 heterocycles. The molecule has 3 aromatic rings. The van der Waals surface area contributed by atoms with Gasteiger partial charge in [-0.2, -0.15) is 0 Å². The molecule has 0 atom stereocenters. The van der Waals surface area contributed by atoms with Gasteiger partial charge in [0.1, 0.15) is 11.3 Å². The van der Waals surface area contributed by atoms with Gasteiger partial charge in [-0.15, -0.1) is 13.2 Å². The van der Waals surface area contributed by atoms with Crippen LogP contribution in [0.4, 0.5) is 18.9 Å². The summed E-state index contributed by atoms with van der Waals surface area (Å²) < 4.78 is 41.2. The third-order valence-electron chi connectivity index (χ3n) is 7.25. The van der Waals surface area contributed by atoms with Crippen LogP contribution in [0.1, 0.15) is 72.0 Å². The minimum Gasteiger partial charge on any atom is -0.406 e. The second kappa shape index (κ2) is 9.61. The number of hydrogen-bond donors (Lipinski definition) is 3. The van der Waals surface area contributed by atoms with Crippen molar-refractivity contribution in [3.05, 3.63) is 47.4 Å². The van der Waals surface area contributed by atoms with E-state index in [1.54, 1.807) is 4.90 Å². The first kappa shape index (κ1) is 24.4. The molecular formula is C25H28F3N5O3. The molecular weight excluding hydrogens is 475 g/mol. The van der Waals surface area contributed by atoms with Gasteiger partial charge in [-0.05, 0) is 56.6 Å². The van der Waals surface area contributed by atoms with Crippen molar-refractivity contribution in [2.75, 3.05) is 18.8 Å². The van der Waals surface area contributed by atoms with Crippen molar-refractivity contribution in [2.24, 2.45) is 0 Å². The third kappa shape index (κ3) is 5.11. The number of alkyl halides is 3. The van der Waals surface area contributed by atoms with Gasteiger partial charge in [0.05, 0.1) is 23.6 Å². The number of halogens is 3. The number of aliphatic hydroxyl groups is 1. The Morgan fingerprint density at radius 3 is 2.50 bits per heavy atom. The lowest BCUT2D eigenvalue weighted by molar-refractivity contribution is -0.274. The Bertz CT molecular complexity index is 1250. The Labute approximate surface area is 205 Å². The molecule has 8 nitrogen and oxygen atoms in total. The van der Waals surface area contributed by atoms with Crippen LogP contribution in [0, 0.1) is 0 Å². The molecule has 0 bridgehead atoms. The highest BCUT2D eigenvalue weighted by Crippen LogP contribution is 2.36. The monoisotopic (exact) mass is 503 g/mol. The molecule has 5 rings (SSSR count). The van der Waals surface area contributed by atoms with E-state index in [-0.39, 0.29) is 29.2 Å². The first-order chi connectivity index (χ1) is 17.2. The fourth-order valence-electron chi connectivity index (χ4n) is 5.30. The number of nitrogens with two attached hydrogens (primary N) is 1. The number of carbonyl (C=O) groups is 1. The number of anilines is 1. The highest BCUT2D eigenvalue weighted by molar-refractivity contribution is 5.99. The molecule has 192 valence electrons. The van der Waals surface area contributed by atoms with Gasteiger partial charge in [0.15, 0.2) is 5.65 Å². The lowest BCUT2D eigenvalue weighted by Gasteiger charge is -2.32. The summed E-state index contributed by atoms with van der Waals surface area (Å²) in [6, 6.07) is 3.38. The maximum Gasteiger partial charge on any atom is 0.573 e. The number of likely N-dealkylation sites (tertiary alicyclic amines) is 1. The minimum absolute atomic E-state index is 0.0569. The number of ether oxygens (including phenoxy) is 1. The lowest BCUT2D eigenvalue weighted by atomic mass is 9.85. The predicted molar refractivity (Wildman–Crippen MR) is 127 cm³/mol. The molecule has 0 unspecified atom stereocenters. The van der Waals surface area contributed by atoms with Gasteiger partial charge >= 0.3 is 6.36 Å². The van der Waals surface area contributed by atoms with Crippen molar-refractivity contribution < 1.29 is 27.8 Å². The van der Waals surface area contributed by atoms with E-state index in [1.165, 1.54) is 6.07 Å². The van der Waals surface area contributed by atoms with Crippen LogP contribution in [-0.4, -0.2) is 56.4 Å². The number of carbonyl (C=O) groups excluding carboxylic acids is 1. The van der Waals surface area contributed by atoms with Crippen molar-refractivity contribution in [1.82, 2.24) is 19.9 Å². The van der Waals surface area contributed by atoms with E-state index in [0.29, 0.717) is 19.0 Å². The van der Waals surface area contributed by atoms with Gasteiger partial charge in [-0.25, -0.2) is 9.97 Å². The molecule has 0 spiro atoms. The smallest absolute Gasteiger partial charge is 0.406 e. The number of nitrogens with one attached hydrogen (secondary N) is 1. The van der Waals surface area contributed by atoms with E-state index in [9.17, 15) is 23.1 Å². The summed E-state index contributed by atoms with van der Waals surface area (Å²) in [7, 11) is 0. The fourth-order valence-corrected chi connectivity index (χ4v) is 5.30. The topological polar surface area (TPSA) is 117 Å². The lowest BCUT2D eigenvalue weighted by Crippen LogP contribution is -2.38. The van der Waals surface area contributed by atoms with Gasteiger partial charge in [0, 0.05) is 42.5 Å². The van der Waals surface area contributed by atoms with Crippen LogP contribution in [0.5, 0.6) is 5.75 Å². The van der Waals surface area contributed by atoms with E-state index in [0.717, 1.165) is 73.1 Å². The summed E-state index contributed by atoms with van der Waals surface area (Å²) in [6.45, 7) is 0.980. The number of amides is 1. The molecule has 0 radical (unpaired) electrons. The number of aliphatic hydroxyl groups excluding tert-OH is 1. The number of fused-ring (bicyclic) bond motifs is 1. The SMILES string of the molecule is Nc1cc(OC(F)(F)F)ccc1C(=O)N1CCC(c2c[nH]c3ncc([C@H]4CC[C@H](O)CC4)nc23)CC1. The van der Waals surface area contributed by atoms with Crippen LogP contribution >= 0.6 is 0 Å². The summed E-state index contributed by atoms with van der Waals surface area (Å²) >= 11 is 0. The average Bonchev–Trinajstić information content (AvgIpc) is 3.27. The highest BCUT2D eigenvalue weighted by Gasteiger charge is 2.32. The number of aromatic nitrogens is 3. The Hall–Kier alpha value is -3.34. The van der Waals surface area contributed by atoms with Crippen LogP contribution in [0.25, 0.3) is 11.2 Å². The van der Waals surface area contributed by atoms with Crippen LogP contribution < -0.4 is 10.5 Å². The second-order valence-corrected chi connectivity index (χ2v) is 9.60. The minimum atomic E-state index is -4.83. The molecule has 1 saturated carbocycles. The number of H-pyrrole nitrogens is 1. The first-order valence-electron chi connectivity index (χ1n) is 12.1. The van der Waals surface area contributed by atoms with Crippen LogP contribution in [0.15, 0.2) is 30.6 Å². The third-order valence-corrected chi connectivity index (χ3v) is 7.25. The van der Waals surface area contributed by atoms with Crippen LogP contribution in [-0.2, 0) is 0 Å². The maximum absolute atomic E-state index is 13.0. The van der Waals surface area contributed by atoms with Crippen molar-refractivity contribution in [3.8, 4) is 5.75 Å². The molecule has 2 fully saturated rings. The van der Waals surface area contributed by atoms with E-state index >= 15 is 0 Å². The fraction of sp³-hybridized carbons (Fsp3) is 0.480. The number of nitrogens with zero attached hydrogens (tertiary/aromatic N) is 3. The van der Waals surface area contributed by atoms with Gasteiger partial charge in [-0.1, -0.05) is 0 Å². The highest BCUT2D eigenvalue weighted by atomic mass is 19.4. The van der Waals surface area contributed by atoms with Crippen LogP contribution in [0.3, 0.4) is 0 Å². The van der Waals surface area contributed by atoms with Gasteiger partial charge in [0.2, 0.25) is 0 Å². The van der Waals surface area contributed by atoms with E-state index < -0.39 is 12.1 Å². The van der Waals surface area contributed by atoms with Crippen molar-refractivity contribution in [1.29, 1.82) is 0 Å². The summed E-state index contributed by atoms with van der Waals surface area (Å²) in [5.74, 6) is -0.282. The number of hydrogen-bond acceptors (Lipinski definition) is 6. The van der Waals surface area contributed by atoms with Gasteiger partial charge in [0.25, 0.3) is 5.91 Å².